The van der Waals surface area contributed by atoms with E-state index in [-0.39, 0.29) is 59.4 Å². The molecule has 0 saturated carbocycles. The van der Waals surface area contributed by atoms with Crippen LogP contribution in [0.15, 0.2) is 25.3 Å². The molecule has 4 unspecified atom stereocenters. The molecule has 0 bridgehead atoms. The molecular formula is C34H49N10O11P2S2+. The van der Waals surface area contributed by atoms with E-state index in [9.17, 15) is 18.7 Å². The maximum Gasteiger partial charge on any atom is 0.697 e. The zero-order chi connectivity index (χ0) is 42.7. The number of aromatic nitrogens is 8. The molecule has 4 aromatic rings. The first-order valence-electron chi connectivity index (χ1n) is 18.7. The van der Waals surface area contributed by atoms with Gasteiger partial charge in [0.15, 0.2) is 33.2 Å². The van der Waals surface area contributed by atoms with E-state index in [2.05, 4.69) is 29.9 Å². The fraction of sp³-hybridized carbons (Fsp3) is 0.647. The lowest BCUT2D eigenvalue weighted by molar-refractivity contribution is -0.118. The van der Waals surface area contributed by atoms with Gasteiger partial charge in [-0.05, 0) is 6.92 Å². The number of phosphoric acid groups is 1. The van der Waals surface area contributed by atoms with Gasteiger partial charge in [0, 0.05) is 39.7 Å². The average molecular weight is 900 g/mol. The molecule has 59 heavy (non-hydrogen) atoms. The summed E-state index contributed by atoms with van der Waals surface area (Å²) in [6.07, 6.45) is 1.22. The van der Waals surface area contributed by atoms with Crippen molar-refractivity contribution in [3.8, 4) is 0 Å². The summed E-state index contributed by atoms with van der Waals surface area (Å²) in [4.78, 5) is 50.2. The quantitative estimate of drug-likeness (QED) is 0.0960. The van der Waals surface area contributed by atoms with Crippen molar-refractivity contribution in [2.45, 2.75) is 98.2 Å². The van der Waals surface area contributed by atoms with Crippen LogP contribution < -0.4 is 11.5 Å². The monoisotopic (exact) mass is 899 g/mol. The predicted octanol–water partition coefficient (Wildman–Crippen LogP) is 5.62. The van der Waals surface area contributed by atoms with Gasteiger partial charge in [-0.1, -0.05) is 65.1 Å². The number of fused-ring (bicyclic) bond motifs is 2. The van der Waals surface area contributed by atoms with Crippen molar-refractivity contribution in [1.82, 2.24) is 39.0 Å². The molecular weight excluding hydrogens is 851 g/mol. The molecule has 21 nitrogen and oxygen atoms in total. The summed E-state index contributed by atoms with van der Waals surface area (Å²) < 4.78 is 72.9. The highest BCUT2D eigenvalue weighted by Gasteiger charge is 2.47. The van der Waals surface area contributed by atoms with Crippen LogP contribution in [0.3, 0.4) is 0 Å². The van der Waals surface area contributed by atoms with Gasteiger partial charge in [-0.3, -0.25) is 32.3 Å². The van der Waals surface area contributed by atoms with E-state index < -0.39 is 70.4 Å². The van der Waals surface area contributed by atoms with E-state index in [0.717, 1.165) is 23.5 Å². The van der Waals surface area contributed by atoms with Crippen molar-refractivity contribution >= 4 is 83.8 Å². The van der Waals surface area contributed by atoms with Gasteiger partial charge in [0.05, 0.1) is 38.1 Å². The molecule has 4 aromatic heterocycles. The summed E-state index contributed by atoms with van der Waals surface area (Å²) >= 11 is 2.11. The van der Waals surface area contributed by atoms with Gasteiger partial charge in [-0.25, -0.2) is 34.5 Å². The third kappa shape index (κ3) is 11.2. The summed E-state index contributed by atoms with van der Waals surface area (Å²) in [6.45, 7) is 12.0. The number of hydrogen-bond donors (Lipinski definition) is 2. The number of nitrogens with zero attached hydrogens (tertiary/aromatic N) is 8. The maximum absolute atomic E-state index is 14.6. The van der Waals surface area contributed by atoms with Crippen LogP contribution in [0.2, 0.25) is 0 Å². The van der Waals surface area contributed by atoms with Gasteiger partial charge < -0.3 is 20.9 Å². The van der Waals surface area contributed by atoms with E-state index in [4.69, 9.17) is 43.6 Å². The Hall–Kier alpha value is -3.21. The molecule has 2 fully saturated rings. The molecule has 0 amide bonds. The Morgan fingerprint density at radius 3 is 1.90 bits per heavy atom. The standard InChI is InChI=1S/C34H49N10O11P2S2/c1-19-20(12-23(52-19)43-17-41-25-27(35)37-15-39-29(25)43)55-57(48,50-9-11-59-32(46)34(5,6)7)51-14-22-21(54-56(47)49-8-10-58-31(45)33(2,3)4)13-24(53-22)44-18-42-26-28(36)38-16-40-30(26)44/h15-24H,8-14H2,1-7H3,(H2,35,37,39)(H2,36,38,40)/q+1/t19-,20?,21?,22-,23-,24-,57?/m1/s1. The molecule has 0 aliphatic carbocycles. The molecule has 25 heteroatoms. The number of ether oxygens (including phenoxy) is 2. The zero-order valence-corrected chi connectivity index (χ0v) is 37.1. The first-order valence-corrected chi connectivity index (χ1v) is 23.2. The van der Waals surface area contributed by atoms with Crippen LogP contribution in [0.1, 0.15) is 73.8 Å². The minimum absolute atomic E-state index is 0.0212. The van der Waals surface area contributed by atoms with Crippen molar-refractivity contribution in [2.24, 2.45) is 10.8 Å². The van der Waals surface area contributed by atoms with E-state index in [1.54, 1.807) is 36.8 Å². The molecule has 322 valence electrons. The summed E-state index contributed by atoms with van der Waals surface area (Å²) in [5, 5.41) is -0.105. The highest BCUT2D eigenvalue weighted by atomic mass is 32.2. The van der Waals surface area contributed by atoms with E-state index in [1.807, 2.05) is 20.8 Å². The molecule has 0 aromatic carbocycles. The molecule has 0 radical (unpaired) electrons. The van der Waals surface area contributed by atoms with Crippen molar-refractivity contribution in [1.29, 1.82) is 0 Å². The number of thioether (sulfide) groups is 2. The van der Waals surface area contributed by atoms with Crippen LogP contribution in [-0.4, -0.2) is 105 Å². The Morgan fingerprint density at radius 2 is 1.34 bits per heavy atom. The summed E-state index contributed by atoms with van der Waals surface area (Å²) in [6, 6.07) is 0. The van der Waals surface area contributed by atoms with Gasteiger partial charge in [0.2, 0.25) is 0 Å². The third-order valence-electron chi connectivity index (χ3n) is 9.09. The molecule has 6 rings (SSSR count). The normalized spacial score (nSPS) is 23.9. The largest absolute Gasteiger partial charge is 0.697 e. The Bertz CT molecular complexity index is 2200. The maximum atomic E-state index is 14.6. The van der Waals surface area contributed by atoms with Gasteiger partial charge >= 0.3 is 16.1 Å². The number of anilines is 2. The fourth-order valence-electron chi connectivity index (χ4n) is 5.92. The average Bonchev–Trinajstić information content (AvgIpc) is 3.96. The van der Waals surface area contributed by atoms with Gasteiger partial charge in [-0.15, -0.1) is 9.05 Å². The number of carbonyl (C=O) groups excluding carboxylic acids is 2. The van der Waals surface area contributed by atoms with E-state index in [1.165, 1.54) is 25.3 Å². The lowest BCUT2D eigenvalue weighted by Crippen LogP contribution is -2.29. The van der Waals surface area contributed by atoms with Gasteiger partial charge in [0.1, 0.15) is 55.0 Å². The molecule has 2 aliphatic rings. The fourth-order valence-corrected chi connectivity index (χ4v) is 9.91. The Labute approximate surface area is 349 Å². The predicted molar refractivity (Wildman–Crippen MR) is 219 cm³/mol. The van der Waals surface area contributed by atoms with Crippen LogP contribution in [0.4, 0.5) is 11.6 Å². The first-order chi connectivity index (χ1) is 27.8. The molecule has 2 aliphatic heterocycles. The highest BCUT2D eigenvalue weighted by molar-refractivity contribution is 8.14. The Morgan fingerprint density at radius 1 is 0.814 bits per heavy atom. The lowest BCUT2D eigenvalue weighted by Gasteiger charge is -2.24. The highest BCUT2D eigenvalue weighted by Crippen LogP contribution is 2.54. The smallest absolute Gasteiger partial charge is 0.382 e. The van der Waals surface area contributed by atoms with Crippen molar-refractivity contribution in [3.63, 3.8) is 0 Å². The number of carbonyl (C=O) groups is 2. The number of imidazole rings is 2. The summed E-state index contributed by atoms with van der Waals surface area (Å²) in [7, 11) is -7.16. The number of rotatable bonds is 17. The van der Waals surface area contributed by atoms with Crippen LogP contribution in [0.5, 0.6) is 0 Å². The number of nitrogen functional groups attached to an aromatic ring is 2. The SMILES string of the molecule is C[C@H]1O[C@@H](n2cnc3c(N)ncnc32)CC1OP(=O)(OCCSC(=O)C(C)(C)C)OC[C@H]1O[C@@H](n2cnc3c(N)ncnc32)CC1O[P+](=O)OCCSC(=O)C(C)(C)C. The minimum Gasteiger partial charge on any atom is -0.382 e. The Kier molecular flexibility index (Phi) is 14.5. The molecule has 2 saturated heterocycles. The van der Waals surface area contributed by atoms with Crippen molar-refractivity contribution in [2.75, 3.05) is 42.8 Å². The van der Waals surface area contributed by atoms with Crippen molar-refractivity contribution < 1.29 is 50.8 Å². The van der Waals surface area contributed by atoms with E-state index in [0.29, 0.717) is 22.3 Å². The third-order valence-corrected chi connectivity index (χ3v) is 13.9. The summed E-state index contributed by atoms with van der Waals surface area (Å²) in [5.74, 6) is 0.807. The molecule has 6 heterocycles. The zero-order valence-electron chi connectivity index (χ0n) is 33.7. The van der Waals surface area contributed by atoms with Crippen LogP contribution in [0, 0.1) is 10.8 Å². The second-order valence-electron chi connectivity index (χ2n) is 15.8. The van der Waals surface area contributed by atoms with Crippen molar-refractivity contribution in [3.05, 3.63) is 25.3 Å². The van der Waals surface area contributed by atoms with Crippen LogP contribution in [-0.2, 0) is 50.8 Å². The molecule has 0 spiro atoms. The minimum atomic E-state index is -4.46. The van der Waals surface area contributed by atoms with Crippen LogP contribution in [0.25, 0.3) is 22.3 Å². The van der Waals surface area contributed by atoms with Crippen LogP contribution >= 0.6 is 39.6 Å². The lowest BCUT2D eigenvalue weighted by atomic mass is 9.99. The number of phosphoric ester groups is 1. The number of nitrogens with two attached hydrogens (primary N) is 2. The first kappa shape index (κ1) is 45.3. The number of hydrogen-bond acceptors (Lipinski definition) is 21. The molecule has 4 N–H and O–H groups in total. The van der Waals surface area contributed by atoms with E-state index >= 15 is 0 Å². The summed E-state index contributed by atoms with van der Waals surface area (Å²) in [5.41, 5.74) is 12.5. The molecule has 8 atom stereocenters. The van der Waals surface area contributed by atoms with Gasteiger partial charge in [-0.2, -0.15) is 0 Å². The Balaban J connectivity index is 1.18. The second-order valence-corrected chi connectivity index (χ2v) is 20.4. The van der Waals surface area contributed by atoms with Gasteiger partial charge in [0.25, 0.3) is 0 Å². The topological polar surface area (TPSA) is 272 Å². The second kappa shape index (κ2) is 18.8.